The van der Waals surface area contributed by atoms with E-state index in [4.69, 9.17) is 27.3 Å². The summed E-state index contributed by atoms with van der Waals surface area (Å²) in [5.41, 5.74) is 5.68. The van der Waals surface area contributed by atoms with Crippen LogP contribution in [0.5, 0.6) is 5.75 Å². The average molecular weight is 639 g/mol. The first-order chi connectivity index (χ1) is 19.8. The number of oxime groups is 1. The number of nitrogen functional groups attached to an aromatic ring is 1. The fourth-order valence-corrected chi connectivity index (χ4v) is 6.75. The molecule has 2 aliphatic heterocycles. The van der Waals surface area contributed by atoms with Crippen LogP contribution in [0.15, 0.2) is 45.8 Å². The first-order valence-electron chi connectivity index (χ1n) is 11.6. The van der Waals surface area contributed by atoms with Gasteiger partial charge in [0.2, 0.25) is 16.7 Å². The minimum atomic E-state index is -1.28. The number of carbonyl (C=O) groups is 3. The molecular formula is C21H19ClN10O6S3. The Balaban J connectivity index is 1.31. The van der Waals surface area contributed by atoms with Gasteiger partial charge in [-0.15, -0.1) is 16.9 Å². The number of thioether (sulfide) groups is 2. The summed E-state index contributed by atoms with van der Waals surface area (Å²) in [5.74, 6) is -2.04. The van der Waals surface area contributed by atoms with Gasteiger partial charge in [-0.2, -0.15) is 9.36 Å². The molecule has 20 heteroatoms. The molecule has 0 radical (unpaired) electrons. The van der Waals surface area contributed by atoms with Crippen LogP contribution in [0.25, 0.3) is 0 Å². The number of aliphatic hydroxyl groups is 1. The third-order valence-electron chi connectivity index (χ3n) is 5.65. The number of anilines is 1. The number of β-lactam (4-membered cyclic amide) rings is 1. The van der Waals surface area contributed by atoms with E-state index in [-0.39, 0.29) is 52.8 Å². The molecule has 4 heterocycles. The van der Waals surface area contributed by atoms with Crippen LogP contribution < -0.4 is 15.9 Å². The molecule has 0 aliphatic carbocycles. The lowest BCUT2D eigenvalue weighted by Crippen LogP contribution is -2.71. The van der Waals surface area contributed by atoms with Crippen molar-refractivity contribution >= 4 is 75.3 Å². The molecule has 1 aromatic carbocycles. The van der Waals surface area contributed by atoms with Crippen molar-refractivity contribution in [1.82, 2.24) is 39.8 Å². The second-order valence-corrected chi connectivity index (χ2v) is 11.5. The van der Waals surface area contributed by atoms with Crippen LogP contribution in [-0.2, 0) is 20.9 Å². The summed E-state index contributed by atoms with van der Waals surface area (Å²) in [4.78, 5) is 49.1. The number of nitrogens with zero attached hydrogens (tertiary/aromatic N) is 8. The Morgan fingerprint density at radius 2 is 2.10 bits per heavy atom. The molecule has 41 heavy (non-hydrogen) atoms. The molecule has 2 atom stereocenters. The molecule has 1 saturated heterocycles. The zero-order valence-corrected chi connectivity index (χ0v) is 23.8. The van der Waals surface area contributed by atoms with Gasteiger partial charge in [0.15, 0.2) is 10.9 Å². The molecule has 1 fully saturated rings. The summed E-state index contributed by atoms with van der Waals surface area (Å²) in [6, 6.07) is 5.19. The Morgan fingerprint density at radius 3 is 2.78 bits per heavy atom. The van der Waals surface area contributed by atoms with Gasteiger partial charge in [0.05, 0.1) is 13.2 Å². The van der Waals surface area contributed by atoms with E-state index in [9.17, 15) is 19.5 Å². The number of hydrogen-bond donors (Lipinski definition) is 4. The zero-order valence-electron chi connectivity index (χ0n) is 20.6. The standard InChI is InChI=1S/C21H19ClN10O6S3/c22-10-1-3-11(4-2-10)38-27-12(15-25-20(23)41-28-15)16(34)24-13-17(35)32-14(19(36)37)9(7-39-18(13)32)8-40-21-26-29-30-31(21)5-6-33/h1-4,13,18,33H,5-8H2,(H,24,34)(H,36,37)(H2,23,25,28)/b27-12-/t13?,18-/m1/s1. The number of hydrogen-bond acceptors (Lipinski definition) is 15. The number of nitrogens with one attached hydrogen (secondary N) is 1. The van der Waals surface area contributed by atoms with Crippen LogP contribution in [0.3, 0.4) is 0 Å². The third-order valence-corrected chi connectivity index (χ3v) is 8.82. The van der Waals surface area contributed by atoms with E-state index in [1.807, 2.05) is 0 Å². The predicted octanol–water partition coefficient (Wildman–Crippen LogP) is 0.0665. The van der Waals surface area contributed by atoms with Crippen molar-refractivity contribution in [2.75, 3.05) is 23.8 Å². The molecule has 3 aromatic rings. The quantitative estimate of drug-likeness (QED) is 0.0944. The van der Waals surface area contributed by atoms with Gasteiger partial charge in [0.25, 0.3) is 11.8 Å². The number of carbonyl (C=O) groups excluding carboxylic acids is 2. The van der Waals surface area contributed by atoms with Gasteiger partial charge >= 0.3 is 5.97 Å². The lowest BCUT2D eigenvalue weighted by atomic mass is 10.0. The van der Waals surface area contributed by atoms with Crippen molar-refractivity contribution < 1.29 is 29.4 Å². The van der Waals surface area contributed by atoms with Crippen molar-refractivity contribution in [3.63, 3.8) is 0 Å². The normalized spacial score (nSPS) is 18.6. The Hall–Kier alpha value is -3.78. The maximum atomic E-state index is 13.2. The van der Waals surface area contributed by atoms with Gasteiger partial charge in [-0.05, 0) is 40.3 Å². The Bertz CT molecular complexity index is 1540. The number of carboxylic acid groups (broad SMARTS) is 1. The number of amides is 2. The van der Waals surface area contributed by atoms with Gasteiger partial charge in [-0.1, -0.05) is 28.5 Å². The summed E-state index contributed by atoms with van der Waals surface area (Å²) in [7, 11) is 0. The van der Waals surface area contributed by atoms with E-state index < -0.39 is 29.2 Å². The number of carboxylic acids is 1. The molecule has 2 amide bonds. The number of fused-ring (bicyclic) bond motifs is 1. The first-order valence-corrected chi connectivity index (χ1v) is 14.8. The number of nitrogens with two attached hydrogens (primary N) is 1. The first kappa shape index (κ1) is 28.7. The number of rotatable bonds is 11. The second kappa shape index (κ2) is 12.4. The summed E-state index contributed by atoms with van der Waals surface area (Å²) >= 11 is 9.21. The molecule has 0 saturated carbocycles. The van der Waals surface area contributed by atoms with Crippen molar-refractivity contribution in [1.29, 1.82) is 0 Å². The highest BCUT2D eigenvalue weighted by atomic mass is 35.5. The third kappa shape index (κ3) is 6.12. The fourth-order valence-electron chi connectivity index (χ4n) is 3.80. The minimum Gasteiger partial charge on any atom is -0.477 e. The lowest BCUT2D eigenvalue weighted by molar-refractivity contribution is -0.150. The topological polar surface area (TPSA) is 224 Å². The van der Waals surface area contributed by atoms with E-state index in [0.29, 0.717) is 15.8 Å². The number of aliphatic carboxylic acids is 1. The van der Waals surface area contributed by atoms with Crippen LogP contribution in [0.4, 0.5) is 5.13 Å². The maximum absolute atomic E-state index is 13.2. The van der Waals surface area contributed by atoms with Crippen molar-refractivity contribution in [2.24, 2.45) is 5.16 Å². The van der Waals surface area contributed by atoms with Crippen LogP contribution in [-0.4, -0.2) is 97.7 Å². The van der Waals surface area contributed by atoms with Crippen LogP contribution in [0.2, 0.25) is 5.02 Å². The summed E-state index contributed by atoms with van der Waals surface area (Å²) in [6.45, 7) is 0.0161. The average Bonchev–Trinajstić information content (AvgIpc) is 3.59. The van der Waals surface area contributed by atoms with Gasteiger partial charge in [-0.3, -0.25) is 14.5 Å². The molecular weight excluding hydrogens is 620 g/mol. The smallest absolute Gasteiger partial charge is 0.352 e. The fraction of sp³-hybridized carbons (Fsp3) is 0.286. The summed E-state index contributed by atoms with van der Waals surface area (Å²) in [6.07, 6.45) is 0. The van der Waals surface area contributed by atoms with E-state index in [2.05, 4.69) is 35.4 Å². The van der Waals surface area contributed by atoms with Crippen LogP contribution in [0, 0.1) is 0 Å². The lowest BCUT2D eigenvalue weighted by Gasteiger charge is -2.49. The Morgan fingerprint density at radius 1 is 1.32 bits per heavy atom. The number of tetrazole rings is 1. The monoisotopic (exact) mass is 638 g/mol. The molecule has 2 aromatic heterocycles. The number of halogens is 1. The largest absolute Gasteiger partial charge is 0.477 e. The van der Waals surface area contributed by atoms with Crippen molar-refractivity contribution in [3.05, 3.63) is 46.4 Å². The van der Waals surface area contributed by atoms with E-state index in [0.717, 1.165) is 16.4 Å². The van der Waals surface area contributed by atoms with Gasteiger partial charge in [0.1, 0.15) is 17.1 Å². The number of aromatic nitrogens is 6. The Labute approximate surface area is 248 Å². The SMILES string of the molecule is Nc1nc(/C(=N/Oc2ccc(Cl)cc2)C(=O)NC2C(=O)N3C(C(=O)O)=C(CSc4nnnn4CCO)CS[C@H]23)ns1. The number of benzene rings is 1. The molecule has 0 spiro atoms. The minimum absolute atomic E-state index is 0.0905. The van der Waals surface area contributed by atoms with Crippen molar-refractivity contribution in [3.8, 4) is 5.75 Å². The highest BCUT2D eigenvalue weighted by molar-refractivity contribution is 8.01. The predicted molar refractivity (Wildman–Crippen MR) is 148 cm³/mol. The van der Waals surface area contributed by atoms with Crippen LogP contribution in [0.1, 0.15) is 5.82 Å². The van der Waals surface area contributed by atoms with Gasteiger partial charge in [0, 0.05) is 28.1 Å². The number of aliphatic hydroxyl groups excluding tert-OH is 1. The van der Waals surface area contributed by atoms with Gasteiger partial charge < -0.3 is 26.1 Å². The maximum Gasteiger partial charge on any atom is 0.352 e. The molecule has 1 unspecified atom stereocenters. The highest BCUT2D eigenvalue weighted by Crippen LogP contribution is 2.41. The zero-order chi connectivity index (χ0) is 29.1. The molecule has 214 valence electrons. The van der Waals surface area contributed by atoms with E-state index in [1.165, 1.54) is 28.2 Å². The summed E-state index contributed by atoms with van der Waals surface area (Å²) < 4.78 is 5.41. The van der Waals surface area contributed by atoms with E-state index >= 15 is 0 Å². The molecule has 5 N–H and O–H groups in total. The van der Waals surface area contributed by atoms with E-state index in [1.54, 1.807) is 24.3 Å². The molecule has 5 rings (SSSR count). The molecule has 0 bridgehead atoms. The summed E-state index contributed by atoms with van der Waals surface area (Å²) in [5, 5.41) is 37.1. The van der Waals surface area contributed by atoms with Gasteiger partial charge in [-0.25, -0.2) is 9.48 Å². The second-order valence-electron chi connectivity index (χ2n) is 8.26. The molecule has 16 nitrogen and oxygen atoms in total. The highest BCUT2D eigenvalue weighted by Gasteiger charge is 2.54. The molecule has 2 aliphatic rings. The van der Waals surface area contributed by atoms with Crippen LogP contribution >= 0.6 is 46.7 Å². The Kier molecular flexibility index (Phi) is 8.68. The van der Waals surface area contributed by atoms with Crippen molar-refractivity contribution in [2.45, 2.75) is 23.1 Å².